The van der Waals surface area contributed by atoms with Crippen LogP contribution in [0.4, 0.5) is 5.69 Å². The maximum Gasteiger partial charge on any atom is 0.105 e. The molecule has 0 aliphatic rings. The summed E-state index contributed by atoms with van der Waals surface area (Å²) < 4.78 is 0.903. The number of nitrogens with two attached hydrogens (primary N) is 1. The third kappa shape index (κ3) is 3.72. The van der Waals surface area contributed by atoms with Crippen LogP contribution in [0.1, 0.15) is 11.1 Å². The van der Waals surface area contributed by atoms with Gasteiger partial charge in [0, 0.05) is 34.3 Å². The van der Waals surface area contributed by atoms with Crippen molar-refractivity contribution in [3.05, 3.63) is 63.1 Å². The summed E-state index contributed by atoms with van der Waals surface area (Å²) in [6.07, 6.45) is 0. The van der Waals surface area contributed by atoms with E-state index in [2.05, 4.69) is 26.9 Å². The predicted molar refractivity (Wildman–Crippen MR) is 93.6 cm³/mol. The summed E-state index contributed by atoms with van der Waals surface area (Å²) in [5.74, 6) is 0. The normalized spacial score (nSPS) is 10.3. The summed E-state index contributed by atoms with van der Waals surface area (Å²) >= 11 is 14.5. The first-order chi connectivity index (χ1) is 9.47. The van der Waals surface area contributed by atoms with E-state index in [-0.39, 0.29) is 0 Å². The van der Waals surface area contributed by atoms with E-state index in [0.29, 0.717) is 4.99 Å². The Kier molecular flexibility index (Phi) is 5.02. The van der Waals surface area contributed by atoms with Crippen molar-refractivity contribution in [2.75, 3.05) is 11.9 Å². The van der Waals surface area contributed by atoms with Crippen LogP contribution in [0.3, 0.4) is 0 Å². The number of thiocarbonyl (C=S) groups is 1. The Morgan fingerprint density at radius 1 is 1.30 bits per heavy atom. The SMILES string of the molecule is CN(Cc1cccc(Cl)c1)c1ccc(C(N)=S)c(Br)c1. The van der Waals surface area contributed by atoms with Gasteiger partial charge in [-0.2, -0.15) is 0 Å². The molecule has 2 rings (SSSR count). The lowest BCUT2D eigenvalue weighted by Gasteiger charge is -2.20. The number of nitrogens with zero attached hydrogens (tertiary/aromatic N) is 1. The van der Waals surface area contributed by atoms with Gasteiger partial charge >= 0.3 is 0 Å². The highest BCUT2D eigenvalue weighted by molar-refractivity contribution is 9.10. The average Bonchev–Trinajstić information content (AvgIpc) is 2.38. The van der Waals surface area contributed by atoms with Gasteiger partial charge in [0.2, 0.25) is 0 Å². The lowest BCUT2D eigenvalue weighted by Crippen LogP contribution is -2.17. The summed E-state index contributed by atoms with van der Waals surface area (Å²) in [6.45, 7) is 0.777. The fourth-order valence-corrected chi connectivity index (χ4v) is 3.04. The molecule has 0 saturated carbocycles. The van der Waals surface area contributed by atoms with Crippen molar-refractivity contribution >= 4 is 50.4 Å². The maximum atomic E-state index is 6.00. The van der Waals surface area contributed by atoms with Crippen molar-refractivity contribution in [1.82, 2.24) is 0 Å². The van der Waals surface area contributed by atoms with Crippen LogP contribution in [0, 0.1) is 0 Å². The van der Waals surface area contributed by atoms with Gasteiger partial charge in [0.25, 0.3) is 0 Å². The molecule has 2 aromatic rings. The molecule has 104 valence electrons. The molecule has 2 aromatic carbocycles. The van der Waals surface area contributed by atoms with E-state index >= 15 is 0 Å². The molecule has 0 amide bonds. The highest BCUT2D eigenvalue weighted by Gasteiger charge is 2.07. The Morgan fingerprint density at radius 2 is 2.05 bits per heavy atom. The van der Waals surface area contributed by atoms with Gasteiger partial charge in [-0.15, -0.1) is 0 Å². The summed E-state index contributed by atoms with van der Waals surface area (Å²) in [5, 5.41) is 0.751. The van der Waals surface area contributed by atoms with Gasteiger partial charge in [-0.1, -0.05) is 36.0 Å². The van der Waals surface area contributed by atoms with Crippen LogP contribution in [-0.4, -0.2) is 12.0 Å². The van der Waals surface area contributed by atoms with E-state index in [4.69, 9.17) is 29.6 Å². The number of anilines is 1. The Labute approximate surface area is 137 Å². The lowest BCUT2D eigenvalue weighted by atomic mass is 10.1. The monoisotopic (exact) mass is 368 g/mol. The summed E-state index contributed by atoms with van der Waals surface area (Å²) in [5.41, 5.74) is 8.74. The van der Waals surface area contributed by atoms with Crippen LogP contribution >= 0.6 is 39.7 Å². The van der Waals surface area contributed by atoms with Crippen LogP contribution in [0.15, 0.2) is 46.9 Å². The maximum absolute atomic E-state index is 6.00. The van der Waals surface area contributed by atoms with Crippen molar-refractivity contribution < 1.29 is 0 Å². The Bertz CT molecular complexity index is 646. The van der Waals surface area contributed by atoms with Gasteiger partial charge < -0.3 is 10.6 Å². The molecule has 0 aromatic heterocycles. The van der Waals surface area contributed by atoms with Gasteiger partial charge in [0.1, 0.15) is 4.99 Å². The highest BCUT2D eigenvalue weighted by atomic mass is 79.9. The van der Waals surface area contributed by atoms with E-state index in [0.717, 1.165) is 32.9 Å². The molecule has 0 aliphatic carbocycles. The molecule has 0 heterocycles. The molecular formula is C15H14BrClN2S. The van der Waals surface area contributed by atoms with E-state index in [1.165, 1.54) is 0 Å². The van der Waals surface area contributed by atoms with Crippen molar-refractivity contribution in [2.24, 2.45) is 5.73 Å². The van der Waals surface area contributed by atoms with Crippen LogP contribution in [0.5, 0.6) is 0 Å². The molecular weight excluding hydrogens is 356 g/mol. The van der Waals surface area contributed by atoms with E-state index in [9.17, 15) is 0 Å². The Balaban J connectivity index is 2.19. The second kappa shape index (κ2) is 6.57. The number of rotatable bonds is 4. The Morgan fingerprint density at radius 3 is 2.65 bits per heavy atom. The van der Waals surface area contributed by atoms with Crippen LogP contribution in [-0.2, 0) is 6.54 Å². The van der Waals surface area contributed by atoms with Crippen LogP contribution < -0.4 is 10.6 Å². The molecule has 0 atom stereocenters. The molecule has 20 heavy (non-hydrogen) atoms. The third-order valence-electron chi connectivity index (χ3n) is 2.97. The van der Waals surface area contributed by atoms with Crippen molar-refractivity contribution in [3.8, 4) is 0 Å². The predicted octanol–water partition coefficient (Wildman–Crippen LogP) is 4.37. The zero-order valence-corrected chi connectivity index (χ0v) is 14.1. The van der Waals surface area contributed by atoms with Crippen LogP contribution in [0.25, 0.3) is 0 Å². The summed E-state index contributed by atoms with van der Waals surface area (Å²) in [4.78, 5) is 2.53. The van der Waals surface area contributed by atoms with Crippen LogP contribution in [0.2, 0.25) is 5.02 Å². The highest BCUT2D eigenvalue weighted by Crippen LogP contribution is 2.25. The second-order valence-electron chi connectivity index (χ2n) is 4.51. The van der Waals surface area contributed by atoms with Gasteiger partial charge in [-0.3, -0.25) is 0 Å². The van der Waals surface area contributed by atoms with Gasteiger partial charge in [0.15, 0.2) is 0 Å². The first-order valence-electron chi connectivity index (χ1n) is 6.02. The van der Waals surface area contributed by atoms with E-state index in [1.54, 1.807) is 0 Å². The molecule has 0 unspecified atom stereocenters. The topological polar surface area (TPSA) is 29.3 Å². The van der Waals surface area contributed by atoms with E-state index < -0.39 is 0 Å². The minimum absolute atomic E-state index is 0.390. The van der Waals surface area contributed by atoms with Crippen molar-refractivity contribution in [2.45, 2.75) is 6.54 Å². The lowest BCUT2D eigenvalue weighted by molar-refractivity contribution is 0.922. The molecule has 0 saturated heterocycles. The molecule has 0 bridgehead atoms. The summed E-state index contributed by atoms with van der Waals surface area (Å²) in [6, 6.07) is 13.8. The number of halogens is 2. The minimum Gasteiger partial charge on any atom is -0.389 e. The third-order valence-corrected chi connectivity index (χ3v) is 4.08. The fourth-order valence-electron chi connectivity index (χ4n) is 1.94. The zero-order chi connectivity index (χ0) is 14.7. The smallest absolute Gasteiger partial charge is 0.105 e. The van der Waals surface area contributed by atoms with Gasteiger partial charge in [-0.25, -0.2) is 0 Å². The second-order valence-corrected chi connectivity index (χ2v) is 6.24. The number of benzene rings is 2. The van der Waals surface area contributed by atoms with Crippen molar-refractivity contribution in [3.63, 3.8) is 0 Å². The quantitative estimate of drug-likeness (QED) is 0.811. The molecule has 0 fully saturated rings. The molecule has 0 spiro atoms. The number of hydrogen-bond acceptors (Lipinski definition) is 2. The average molecular weight is 370 g/mol. The first-order valence-corrected chi connectivity index (χ1v) is 7.60. The fraction of sp³-hybridized carbons (Fsp3) is 0.133. The molecule has 5 heteroatoms. The Hall–Kier alpha value is -1.10. The largest absolute Gasteiger partial charge is 0.389 e. The molecule has 0 radical (unpaired) electrons. The van der Waals surface area contributed by atoms with Gasteiger partial charge in [0.05, 0.1) is 0 Å². The first kappa shape index (κ1) is 15.3. The zero-order valence-electron chi connectivity index (χ0n) is 10.9. The van der Waals surface area contributed by atoms with Gasteiger partial charge in [-0.05, 0) is 51.8 Å². The van der Waals surface area contributed by atoms with E-state index in [1.807, 2.05) is 43.4 Å². The minimum atomic E-state index is 0.390. The molecule has 2 nitrogen and oxygen atoms in total. The number of hydrogen-bond donors (Lipinski definition) is 1. The molecule has 2 N–H and O–H groups in total. The standard InChI is InChI=1S/C15H14BrClN2S/c1-19(9-10-3-2-4-11(17)7-10)12-5-6-13(15(18)20)14(16)8-12/h2-8H,9H2,1H3,(H2,18,20). The summed E-state index contributed by atoms with van der Waals surface area (Å²) in [7, 11) is 2.03. The molecule has 0 aliphatic heterocycles. The van der Waals surface area contributed by atoms with Crippen molar-refractivity contribution in [1.29, 1.82) is 0 Å².